The Balaban J connectivity index is 2.19. The number of methoxy groups -OCH3 is 2. The van der Waals surface area contributed by atoms with Crippen molar-refractivity contribution >= 4 is 29.0 Å². The van der Waals surface area contributed by atoms with Crippen LogP contribution in [-0.4, -0.2) is 20.3 Å². The summed E-state index contributed by atoms with van der Waals surface area (Å²) in [7, 11) is 2.90. The Hall–Kier alpha value is -2.47. The van der Waals surface area contributed by atoms with E-state index in [9.17, 15) is 9.18 Å². The lowest BCUT2D eigenvalue weighted by Gasteiger charge is -2.14. The maximum atomic E-state index is 13.5. The zero-order valence-electron chi connectivity index (χ0n) is 11.9. The molecule has 0 saturated carbocycles. The van der Waals surface area contributed by atoms with Crippen LogP contribution in [0, 0.1) is 5.82 Å². The number of hydrogen-bond acceptors (Lipinski definition) is 3. The van der Waals surface area contributed by atoms with E-state index in [0.717, 1.165) is 0 Å². The van der Waals surface area contributed by atoms with Gasteiger partial charge in [0.1, 0.15) is 17.3 Å². The number of halogens is 2. The van der Waals surface area contributed by atoms with Crippen molar-refractivity contribution in [1.29, 1.82) is 0 Å². The second kappa shape index (κ2) is 7.00. The monoisotopic (exact) mass is 324 g/mol. The van der Waals surface area contributed by atoms with Crippen LogP contribution < -0.4 is 20.1 Å². The van der Waals surface area contributed by atoms with Gasteiger partial charge in [0.25, 0.3) is 0 Å². The number of carbonyl (C=O) groups excluding carboxylic acids is 1. The molecule has 0 heterocycles. The maximum Gasteiger partial charge on any atom is 0.323 e. The molecule has 0 bridgehead atoms. The summed E-state index contributed by atoms with van der Waals surface area (Å²) in [5.74, 6) is 0.205. The summed E-state index contributed by atoms with van der Waals surface area (Å²) in [5, 5.41) is 5.31. The first-order valence-electron chi connectivity index (χ1n) is 6.29. The molecular weight excluding hydrogens is 311 g/mol. The highest BCUT2D eigenvalue weighted by Crippen LogP contribution is 2.35. The Morgan fingerprint density at radius 3 is 2.32 bits per heavy atom. The van der Waals surface area contributed by atoms with Crippen LogP contribution in [-0.2, 0) is 0 Å². The standard InChI is InChI=1S/C15H14ClFN2O3/c1-21-13-8-12(14(22-2)7-9(13)16)19-15(20)18-11-6-4-3-5-10(11)17/h3-8H,1-2H3,(H2,18,19,20). The Kier molecular flexibility index (Phi) is 5.06. The molecule has 0 fully saturated rings. The van der Waals surface area contributed by atoms with Gasteiger partial charge in [-0.1, -0.05) is 23.7 Å². The van der Waals surface area contributed by atoms with E-state index in [2.05, 4.69) is 10.6 Å². The molecule has 2 amide bonds. The maximum absolute atomic E-state index is 13.5. The summed E-state index contributed by atoms with van der Waals surface area (Å²) in [5.41, 5.74) is 0.414. The van der Waals surface area contributed by atoms with E-state index in [1.807, 2.05) is 0 Å². The van der Waals surface area contributed by atoms with E-state index in [4.69, 9.17) is 21.1 Å². The fourth-order valence-electron chi connectivity index (χ4n) is 1.80. The molecule has 2 rings (SSSR count). The van der Waals surface area contributed by atoms with Crippen molar-refractivity contribution in [1.82, 2.24) is 0 Å². The van der Waals surface area contributed by atoms with Gasteiger partial charge in [-0.2, -0.15) is 0 Å². The van der Waals surface area contributed by atoms with Crippen LogP contribution in [0.2, 0.25) is 5.02 Å². The summed E-state index contributed by atoms with van der Waals surface area (Å²) < 4.78 is 23.7. The number of nitrogens with one attached hydrogen (secondary N) is 2. The largest absolute Gasteiger partial charge is 0.495 e. The highest BCUT2D eigenvalue weighted by Gasteiger charge is 2.13. The molecule has 5 nitrogen and oxygen atoms in total. The first-order chi connectivity index (χ1) is 10.5. The van der Waals surface area contributed by atoms with Gasteiger partial charge in [0.2, 0.25) is 0 Å². The Labute approximate surface area is 132 Å². The number of amides is 2. The highest BCUT2D eigenvalue weighted by molar-refractivity contribution is 6.32. The molecule has 22 heavy (non-hydrogen) atoms. The second-order valence-electron chi connectivity index (χ2n) is 4.25. The lowest BCUT2D eigenvalue weighted by atomic mass is 10.2. The predicted octanol–water partition coefficient (Wildman–Crippen LogP) is 4.14. The van der Waals surface area contributed by atoms with E-state index >= 15 is 0 Å². The molecule has 2 N–H and O–H groups in total. The van der Waals surface area contributed by atoms with Crippen LogP contribution in [0.5, 0.6) is 11.5 Å². The summed E-state index contributed by atoms with van der Waals surface area (Å²) in [4.78, 5) is 12.0. The van der Waals surface area contributed by atoms with E-state index in [-0.39, 0.29) is 5.69 Å². The lowest BCUT2D eigenvalue weighted by Crippen LogP contribution is -2.20. The van der Waals surface area contributed by atoms with Crippen molar-refractivity contribution < 1.29 is 18.7 Å². The number of benzene rings is 2. The molecule has 0 aliphatic rings. The van der Waals surface area contributed by atoms with E-state index in [1.54, 1.807) is 6.07 Å². The summed E-state index contributed by atoms with van der Waals surface area (Å²) in [6, 6.07) is 8.26. The highest BCUT2D eigenvalue weighted by atomic mass is 35.5. The van der Waals surface area contributed by atoms with Gasteiger partial charge in [-0.05, 0) is 12.1 Å². The minimum absolute atomic E-state index is 0.0693. The van der Waals surface area contributed by atoms with Gasteiger partial charge in [0.15, 0.2) is 0 Å². The molecule has 0 aliphatic heterocycles. The number of rotatable bonds is 4. The van der Waals surface area contributed by atoms with Crippen LogP contribution >= 0.6 is 11.6 Å². The fourth-order valence-corrected chi connectivity index (χ4v) is 2.03. The summed E-state index contributed by atoms with van der Waals surface area (Å²) in [6.07, 6.45) is 0. The third-order valence-electron chi connectivity index (χ3n) is 2.84. The number of anilines is 2. The van der Waals surface area contributed by atoms with E-state index in [0.29, 0.717) is 22.2 Å². The van der Waals surface area contributed by atoms with Crippen molar-refractivity contribution in [2.24, 2.45) is 0 Å². The SMILES string of the molecule is COc1cc(NC(=O)Nc2ccccc2F)c(OC)cc1Cl. The zero-order chi connectivity index (χ0) is 16.1. The number of urea groups is 1. The van der Waals surface area contributed by atoms with Crippen molar-refractivity contribution in [2.45, 2.75) is 0 Å². The first kappa shape index (κ1) is 15.9. The van der Waals surface area contributed by atoms with E-state index in [1.165, 1.54) is 44.6 Å². The first-order valence-corrected chi connectivity index (χ1v) is 6.67. The van der Waals surface area contributed by atoms with Crippen LogP contribution in [0.4, 0.5) is 20.6 Å². The lowest BCUT2D eigenvalue weighted by molar-refractivity contribution is 0.262. The molecule has 116 valence electrons. The van der Waals surface area contributed by atoms with Crippen molar-refractivity contribution in [3.05, 3.63) is 47.2 Å². The average Bonchev–Trinajstić information content (AvgIpc) is 2.50. The van der Waals surface area contributed by atoms with Crippen molar-refractivity contribution in [2.75, 3.05) is 24.9 Å². The summed E-state index contributed by atoms with van der Waals surface area (Å²) >= 11 is 5.98. The molecule has 0 radical (unpaired) electrons. The quantitative estimate of drug-likeness (QED) is 0.888. The molecule has 0 spiro atoms. The van der Waals surface area contributed by atoms with Crippen LogP contribution in [0.1, 0.15) is 0 Å². The fraction of sp³-hybridized carbons (Fsp3) is 0.133. The third kappa shape index (κ3) is 3.59. The molecule has 0 aromatic heterocycles. The second-order valence-corrected chi connectivity index (χ2v) is 4.65. The van der Waals surface area contributed by atoms with E-state index < -0.39 is 11.8 Å². The number of para-hydroxylation sites is 1. The van der Waals surface area contributed by atoms with Crippen molar-refractivity contribution in [3.63, 3.8) is 0 Å². The molecular formula is C15H14ClFN2O3. The van der Waals surface area contributed by atoms with Crippen LogP contribution in [0.3, 0.4) is 0 Å². The molecule has 0 aliphatic carbocycles. The predicted molar refractivity (Wildman–Crippen MR) is 83.6 cm³/mol. The minimum Gasteiger partial charge on any atom is -0.495 e. The molecule has 0 atom stereocenters. The molecule has 2 aromatic rings. The number of carbonyl (C=O) groups is 1. The van der Waals surface area contributed by atoms with Crippen LogP contribution in [0.15, 0.2) is 36.4 Å². The van der Waals surface area contributed by atoms with Gasteiger partial charge in [-0.15, -0.1) is 0 Å². The summed E-state index contributed by atoms with van der Waals surface area (Å²) in [6.45, 7) is 0. The number of hydrogen-bond donors (Lipinski definition) is 2. The van der Waals surface area contributed by atoms with Crippen molar-refractivity contribution in [3.8, 4) is 11.5 Å². The topological polar surface area (TPSA) is 59.6 Å². The third-order valence-corrected chi connectivity index (χ3v) is 3.14. The zero-order valence-corrected chi connectivity index (χ0v) is 12.7. The van der Waals surface area contributed by atoms with Crippen LogP contribution in [0.25, 0.3) is 0 Å². The Bertz CT molecular complexity index is 694. The van der Waals surface area contributed by atoms with Gasteiger partial charge in [0, 0.05) is 12.1 Å². The smallest absolute Gasteiger partial charge is 0.323 e. The molecule has 0 unspecified atom stereocenters. The Morgan fingerprint density at radius 2 is 1.68 bits per heavy atom. The number of ether oxygens (including phenoxy) is 2. The molecule has 0 saturated heterocycles. The molecule has 7 heteroatoms. The van der Waals surface area contributed by atoms with Gasteiger partial charge < -0.3 is 20.1 Å². The average molecular weight is 325 g/mol. The minimum atomic E-state index is -0.618. The van der Waals surface area contributed by atoms with Gasteiger partial charge in [-0.25, -0.2) is 9.18 Å². The van der Waals surface area contributed by atoms with Gasteiger partial charge in [-0.3, -0.25) is 0 Å². The normalized spacial score (nSPS) is 10.0. The van der Waals surface area contributed by atoms with Gasteiger partial charge >= 0.3 is 6.03 Å². The molecule has 2 aromatic carbocycles. The Morgan fingerprint density at radius 1 is 1.05 bits per heavy atom. The van der Waals surface area contributed by atoms with Gasteiger partial charge in [0.05, 0.1) is 30.6 Å².